The van der Waals surface area contributed by atoms with Gasteiger partial charge in [0.05, 0.1) is 0 Å². The molecule has 2 nitrogen and oxygen atoms in total. The summed E-state index contributed by atoms with van der Waals surface area (Å²) in [5.74, 6) is -6.48. The van der Waals surface area contributed by atoms with Crippen molar-refractivity contribution < 1.29 is 49.0 Å². The zero-order valence-corrected chi connectivity index (χ0v) is 7.22. The van der Waals surface area contributed by atoms with E-state index < -0.39 is 24.5 Å². The van der Waals surface area contributed by atoms with E-state index in [1.807, 2.05) is 0 Å². The highest BCUT2D eigenvalue weighted by Gasteiger charge is 2.76. The molecule has 0 aromatic carbocycles. The molecular weight excluding hydrogens is 263 g/mol. The number of ether oxygens (including phenoxy) is 2. The topological polar surface area (TPSA) is 18.5 Å². The van der Waals surface area contributed by atoms with Crippen molar-refractivity contribution in [2.75, 3.05) is 7.11 Å². The monoisotopic (exact) mass is 266 g/mol. The lowest BCUT2D eigenvalue weighted by molar-refractivity contribution is -0.505. The molecular formula is C5H3F9O2. The highest BCUT2D eigenvalue weighted by atomic mass is 19.4. The molecule has 16 heavy (non-hydrogen) atoms. The number of alkyl halides is 9. The first kappa shape index (κ1) is 15.3. The predicted octanol–water partition coefficient (Wildman–Crippen LogP) is 2.99. The van der Waals surface area contributed by atoms with Gasteiger partial charge in [-0.2, -0.15) is 26.3 Å². The van der Waals surface area contributed by atoms with Crippen LogP contribution in [0.4, 0.5) is 39.5 Å². The number of hydrogen-bond acceptors (Lipinski definition) is 2. The fourth-order valence-electron chi connectivity index (χ4n) is 0.507. The average Bonchev–Trinajstić information content (AvgIpc) is 1.99. The Morgan fingerprint density at radius 3 is 1.31 bits per heavy atom. The predicted molar refractivity (Wildman–Crippen MR) is 29.0 cm³/mol. The van der Waals surface area contributed by atoms with Crippen LogP contribution >= 0.6 is 0 Å². The molecule has 0 amide bonds. The van der Waals surface area contributed by atoms with Gasteiger partial charge in [-0.05, 0) is 0 Å². The quantitative estimate of drug-likeness (QED) is 0.728. The Morgan fingerprint density at radius 1 is 0.688 bits per heavy atom. The normalized spacial score (nSPS) is 15.4. The van der Waals surface area contributed by atoms with Crippen molar-refractivity contribution in [3.8, 4) is 0 Å². The van der Waals surface area contributed by atoms with E-state index in [1.165, 1.54) is 0 Å². The minimum atomic E-state index is -6.48. The van der Waals surface area contributed by atoms with E-state index in [4.69, 9.17) is 0 Å². The first-order chi connectivity index (χ1) is 6.77. The second kappa shape index (κ2) is 3.95. The number of methoxy groups -OCH3 is 1. The SMILES string of the molecule is COC(F)(F)C(F)(F)C(F)(F)OC(F)(F)F. The highest BCUT2D eigenvalue weighted by molar-refractivity contribution is 4.85. The van der Waals surface area contributed by atoms with Crippen molar-refractivity contribution in [2.45, 2.75) is 24.5 Å². The summed E-state index contributed by atoms with van der Waals surface area (Å²) in [6.45, 7) is 0. The molecule has 0 aliphatic rings. The molecule has 0 aliphatic heterocycles. The van der Waals surface area contributed by atoms with Crippen LogP contribution in [0.3, 0.4) is 0 Å². The number of halogens is 9. The molecule has 0 unspecified atom stereocenters. The zero-order chi connectivity index (χ0) is 13.4. The third-order valence-electron chi connectivity index (χ3n) is 1.23. The van der Waals surface area contributed by atoms with E-state index >= 15 is 0 Å². The molecule has 11 heteroatoms. The standard InChI is InChI=1S/C5H3F9O2/c1-15-3(8,9)2(6,7)4(10,11)16-5(12,13)14/h1H3. The van der Waals surface area contributed by atoms with Crippen LogP contribution in [0.5, 0.6) is 0 Å². The Bertz CT molecular complexity index is 245. The molecule has 98 valence electrons. The molecule has 0 fully saturated rings. The molecule has 0 saturated carbocycles. The van der Waals surface area contributed by atoms with E-state index in [0.29, 0.717) is 0 Å². The minimum absolute atomic E-state index is 0.0857. The lowest BCUT2D eigenvalue weighted by Gasteiger charge is -2.30. The van der Waals surface area contributed by atoms with E-state index in [-0.39, 0.29) is 7.11 Å². The van der Waals surface area contributed by atoms with Crippen molar-refractivity contribution in [3.05, 3.63) is 0 Å². The summed E-state index contributed by atoms with van der Waals surface area (Å²) in [6, 6.07) is 0. The maximum atomic E-state index is 12.3. The van der Waals surface area contributed by atoms with E-state index in [2.05, 4.69) is 4.74 Å². The van der Waals surface area contributed by atoms with Gasteiger partial charge in [0, 0.05) is 7.11 Å². The molecule has 0 aromatic rings. The van der Waals surface area contributed by atoms with E-state index in [0.717, 1.165) is 0 Å². The smallest absolute Gasteiger partial charge is 0.319 e. The third kappa shape index (κ3) is 2.90. The van der Waals surface area contributed by atoms with Crippen LogP contribution in [0.25, 0.3) is 0 Å². The van der Waals surface area contributed by atoms with Gasteiger partial charge in [-0.25, -0.2) is 4.74 Å². The maximum absolute atomic E-state index is 12.3. The first-order valence-electron chi connectivity index (χ1n) is 3.22. The minimum Gasteiger partial charge on any atom is -0.319 e. The van der Waals surface area contributed by atoms with Gasteiger partial charge in [-0.15, -0.1) is 13.2 Å². The van der Waals surface area contributed by atoms with Crippen LogP contribution in [-0.2, 0) is 9.47 Å². The molecule has 0 bridgehead atoms. The van der Waals surface area contributed by atoms with E-state index in [9.17, 15) is 39.5 Å². The Hall–Kier alpha value is -0.710. The Morgan fingerprint density at radius 2 is 1.06 bits per heavy atom. The summed E-state index contributed by atoms with van der Waals surface area (Å²) in [5.41, 5.74) is 0. The van der Waals surface area contributed by atoms with Gasteiger partial charge in [0.25, 0.3) is 0 Å². The fraction of sp³-hybridized carbons (Fsp3) is 1.00. The molecule has 0 spiro atoms. The van der Waals surface area contributed by atoms with Gasteiger partial charge in [0.15, 0.2) is 0 Å². The van der Waals surface area contributed by atoms with Crippen LogP contribution in [-0.4, -0.2) is 31.6 Å². The van der Waals surface area contributed by atoms with Crippen LogP contribution in [0.1, 0.15) is 0 Å². The summed E-state index contributed by atoms with van der Waals surface area (Å²) < 4.78 is 111. The molecule has 0 heterocycles. The average molecular weight is 266 g/mol. The van der Waals surface area contributed by atoms with Crippen molar-refractivity contribution >= 4 is 0 Å². The fourth-order valence-corrected chi connectivity index (χ4v) is 0.507. The summed E-state index contributed by atoms with van der Waals surface area (Å²) in [6.07, 6.45) is -18.5. The lowest BCUT2D eigenvalue weighted by Crippen LogP contribution is -2.57. The van der Waals surface area contributed by atoms with Gasteiger partial charge >= 0.3 is 24.5 Å². The Balaban J connectivity index is 5.14. The van der Waals surface area contributed by atoms with Crippen LogP contribution in [0, 0.1) is 0 Å². The van der Waals surface area contributed by atoms with Crippen molar-refractivity contribution in [1.82, 2.24) is 0 Å². The highest BCUT2D eigenvalue weighted by Crippen LogP contribution is 2.48. The van der Waals surface area contributed by atoms with Crippen molar-refractivity contribution in [1.29, 1.82) is 0 Å². The van der Waals surface area contributed by atoms with Crippen molar-refractivity contribution in [2.24, 2.45) is 0 Å². The molecule has 0 N–H and O–H groups in total. The maximum Gasteiger partial charge on any atom is 0.527 e. The van der Waals surface area contributed by atoms with Gasteiger partial charge < -0.3 is 4.74 Å². The third-order valence-corrected chi connectivity index (χ3v) is 1.23. The zero-order valence-electron chi connectivity index (χ0n) is 7.22. The van der Waals surface area contributed by atoms with E-state index in [1.54, 1.807) is 4.74 Å². The Labute approximate surface area is 81.9 Å². The summed E-state index contributed by atoms with van der Waals surface area (Å²) in [7, 11) is -0.0857. The van der Waals surface area contributed by atoms with Gasteiger partial charge in [-0.3, -0.25) is 0 Å². The summed E-state index contributed by atoms with van der Waals surface area (Å²) in [5, 5.41) is 0. The molecule has 0 saturated heterocycles. The summed E-state index contributed by atoms with van der Waals surface area (Å²) in [4.78, 5) is 0. The second-order valence-corrected chi connectivity index (χ2v) is 2.36. The van der Waals surface area contributed by atoms with Crippen LogP contribution < -0.4 is 0 Å². The summed E-state index contributed by atoms with van der Waals surface area (Å²) >= 11 is 0. The van der Waals surface area contributed by atoms with Crippen LogP contribution in [0.15, 0.2) is 0 Å². The van der Waals surface area contributed by atoms with Gasteiger partial charge in [-0.1, -0.05) is 0 Å². The first-order valence-corrected chi connectivity index (χ1v) is 3.22. The lowest BCUT2D eigenvalue weighted by atomic mass is 10.3. The largest absolute Gasteiger partial charge is 0.527 e. The number of rotatable bonds is 4. The van der Waals surface area contributed by atoms with Gasteiger partial charge in [0.1, 0.15) is 0 Å². The van der Waals surface area contributed by atoms with Gasteiger partial charge in [0.2, 0.25) is 0 Å². The molecule has 0 atom stereocenters. The molecule has 0 aliphatic carbocycles. The molecule has 0 radical (unpaired) electrons. The molecule has 0 aromatic heterocycles. The molecule has 0 rings (SSSR count). The number of hydrogen-bond donors (Lipinski definition) is 0. The Kier molecular flexibility index (Phi) is 3.77. The van der Waals surface area contributed by atoms with Crippen LogP contribution in [0.2, 0.25) is 0 Å². The second-order valence-electron chi connectivity index (χ2n) is 2.36. The van der Waals surface area contributed by atoms with Crippen molar-refractivity contribution in [3.63, 3.8) is 0 Å².